The van der Waals surface area contributed by atoms with Gasteiger partial charge in [0.2, 0.25) is 11.1 Å². The lowest BCUT2D eigenvalue weighted by Gasteiger charge is -2.06. The number of carbonyl (C=O) groups excluding carboxylic acids is 1. The smallest absolute Gasteiger partial charge is 0.234 e. The molecular formula is C21H19N5O3S. The third kappa shape index (κ3) is 4.36. The standard InChI is InChI=1S/C21H19N5O3S/c1-28-16-8-6-15(7-9-16)22-20(27)13-30-21-24-23-19-11-10-18(25-26(19)21)14-4-3-5-17(12-14)29-2/h3-12H,13H2,1-2H3,(H,22,27). The Balaban J connectivity index is 1.47. The highest BCUT2D eigenvalue weighted by Gasteiger charge is 2.12. The van der Waals surface area contributed by atoms with E-state index < -0.39 is 0 Å². The number of fused-ring (bicyclic) bond motifs is 1. The molecule has 0 bridgehead atoms. The molecule has 0 saturated carbocycles. The van der Waals surface area contributed by atoms with Crippen molar-refractivity contribution in [3.8, 4) is 22.8 Å². The number of thioether (sulfide) groups is 1. The van der Waals surface area contributed by atoms with Gasteiger partial charge in [-0.15, -0.1) is 10.2 Å². The first-order chi connectivity index (χ1) is 14.7. The predicted molar refractivity (Wildman–Crippen MR) is 115 cm³/mol. The molecule has 0 fully saturated rings. The second kappa shape index (κ2) is 8.83. The molecule has 0 unspecified atom stereocenters. The van der Waals surface area contributed by atoms with Crippen LogP contribution < -0.4 is 14.8 Å². The van der Waals surface area contributed by atoms with Gasteiger partial charge in [-0.3, -0.25) is 4.79 Å². The summed E-state index contributed by atoms with van der Waals surface area (Å²) in [5.41, 5.74) is 2.98. The SMILES string of the molecule is COc1ccc(NC(=O)CSc2nnc3ccc(-c4cccc(OC)c4)nn23)cc1. The van der Waals surface area contributed by atoms with E-state index in [0.29, 0.717) is 16.5 Å². The Kier molecular flexibility index (Phi) is 5.80. The fourth-order valence-electron chi connectivity index (χ4n) is 2.80. The molecule has 1 amide bonds. The van der Waals surface area contributed by atoms with E-state index in [-0.39, 0.29) is 11.7 Å². The molecule has 0 aliphatic carbocycles. The summed E-state index contributed by atoms with van der Waals surface area (Å²) in [5.74, 6) is 1.52. The minimum Gasteiger partial charge on any atom is -0.497 e. The third-order valence-corrected chi connectivity index (χ3v) is 5.23. The minimum absolute atomic E-state index is 0.147. The highest BCUT2D eigenvalue weighted by molar-refractivity contribution is 7.99. The summed E-state index contributed by atoms with van der Waals surface area (Å²) in [4.78, 5) is 12.3. The van der Waals surface area contributed by atoms with Crippen LogP contribution in [0.3, 0.4) is 0 Å². The Morgan fingerprint density at radius 2 is 1.80 bits per heavy atom. The number of benzene rings is 2. The summed E-state index contributed by atoms with van der Waals surface area (Å²) in [6, 6.07) is 18.5. The zero-order chi connectivity index (χ0) is 20.9. The van der Waals surface area contributed by atoms with Crippen LogP contribution >= 0.6 is 11.8 Å². The average molecular weight is 421 g/mol. The number of rotatable bonds is 7. The number of aromatic nitrogens is 4. The maximum Gasteiger partial charge on any atom is 0.234 e. The van der Waals surface area contributed by atoms with Gasteiger partial charge in [-0.1, -0.05) is 23.9 Å². The van der Waals surface area contributed by atoms with Crippen LogP contribution in [-0.2, 0) is 4.79 Å². The summed E-state index contributed by atoms with van der Waals surface area (Å²) < 4.78 is 12.0. The van der Waals surface area contributed by atoms with Gasteiger partial charge >= 0.3 is 0 Å². The molecule has 0 atom stereocenters. The van der Waals surface area contributed by atoms with E-state index in [2.05, 4.69) is 20.6 Å². The van der Waals surface area contributed by atoms with Gasteiger partial charge in [0.25, 0.3) is 0 Å². The maximum absolute atomic E-state index is 12.3. The van der Waals surface area contributed by atoms with E-state index in [1.54, 1.807) is 43.0 Å². The first kappa shape index (κ1) is 19.7. The number of methoxy groups -OCH3 is 2. The lowest BCUT2D eigenvalue weighted by molar-refractivity contribution is -0.113. The van der Waals surface area contributed by atoms with E-state index in [4.69, 9.17) is 9.47 Å². The first-order valence-corrected chi connectivity index (χ1v) is 10.1. The van der Waals surface area contributed by atoms with E-state index in [1.165, 1.54) is 11.8 Å². The highest BCUT2D eigenvalue weighted by atomic mass is 32.2. The van der Waals surface area contributed by atoms with Crippen molar-refractivity contribution in [3.63, 3.8) is 0 Å². The van der Waals surface area contributed by atoms with Crippen LogP contribution in [-0.4, -0.2) is 45.7 Å². The van der Waals surface area contributed by atoms with Crippen molar-refractivity contribution < 1.29 is 14.3 Å². The highest BCUT2D eigenvalue weighted by Crippen LogP contribution is 2.24. The lowest BCUT2D eigenvalue weighted by Crippen LogP contribution is -2.14. The molecule has 8 nitrogen and oxygen atoms in total. The molecule has 2 aromatic carbocycles. The quantitative estimate of drug-likeness (QED) is 0.457. The number of anilines is 1. The van der Waals surface area contributed by atoms with Crippen LogP contribution in [0, 0.1) is 0 Å². The van der Waals surface area contributed by atoms with E-state index in [9.17, 15) is 4.79 Å². The number of amides is 1. The van der Waals surface area contributed by atoms with Crippen molar-refractivity contribution >= 4 is 29.0 Å². The maximum atomic E-state index is 12.3. The normalized spacial score (nSPS) is 10.7. The van der Waals surface area contributed by atoms with Crippen LogP contribution in [0.2, 0.25) is 0 Å². The largest absolute Gasteiger partial charge is 0.497 e. The molecule has 0 saturated heterocycles. The minimum atomic E-state index is -0.147. The molecule has 0 aliphatic rings. The molecule has 4 rings (SSSR count). The summed E-state index contributed by atoms with van der Waals surface area (Å²) in [7, 11) is 3.22. The number of hydrogen-bond acceptors (Lipinski definition) is 7. The van der Waals surface area contributed by atoms with Gasteiger partial charge in [0.05, 0.1) is 25.7 Å². The summed E-state index contributed by atoms with van der Waals surface area (Å²) in [6.45, 7) is 0. The van der Waals surface area contributed by atoms with Crippen molar-refractivity contribution in [3.05, 3.63) is 60.7 Å². The Morgan fingerprint density at radius 1 is 1.00 bits per heavy atom. The number of nitrogens with one attached hydrogen (secondary N) is 1. The van der Waals surface area contributed by atoms with E-state index in [1.807, 2.05) is 36.4 Å². The predicted octanol–water partition coefficient (Wildman–Crippen LogP) is 3.54. The lowest BCUT2D eigenvalue weighted by atomic mass is 10.1. The zero-order valence-corrected chi connectivity index (χ0v) is 17.2. The molecule has 152 valence electrons. The van der Waals surface area contributed by atoms with Gasteiger partial charge in [0.15, 0.2) is 5.65 Å². The van der Waals surface area contributed by atoms with E-state index in [0.717, 1.165) is 22.8 Å². The van der Waals surface area contributed by atoms with Gasteiger partial charge in [0, 0.05) is 11.3 Å². The van der Waals surface area contributed by atoms with E-state index >= 15 is 0 Å². The van der Waals surface area contributed by atoms with Crippen molar-refractivity contribution in [1.29, 1.82) is 0 Å². The van der Waals surface area contributed by atoms with Gasteiger partial charge in [-0.25, -0.2) is 0 Å². The molecule has 0 aliphatic heterocycles. The topological polar surface area (TPSA) is 90.6 Å². The van der Waals surface area contributed by atoms with Crippen LogP contribution in [0.15, 0.2) is 65.8 Å². The molecule has 2 heterocycles. The van der Waals surface area contributed by atoms with Crippen LogP contribution in [0.1, 0.15) is 0 Å². The molecule has 0 radical (unpaired) electrons. The van der Waals surface area contributed by atoms with Crippen LogP contribution in [0.5, 0.6) is 11.5 Å². The molecule has 0 spiro atoms. The summed E-state index contributed by atoms with van der Waals surface area (Å²) in [5, 5.41) is 16.3. The van der Waals surface area contributed by atoms with Gasteiger partial charge < -0.3 is 14.8 Å². The second-order valence-electron chi connectivity index (χ2n) is 6.27. The fourth-order valence-corrected chi connectivity index (χ4v) is 3.48. The van der Waals surface area contributed by atoms with Crippen molar-refractivity contribution in [2.75, 3.05) is 25.3 Å². The Labute approximate surface area is 177 Å². The average Bonchev–Trinajstić information content (AvgIpc) is 3.20. The van der Waals surface area contributed by atoms with Gasteiger partial charge in [0.1, 0.15) is 11.5 Å². The Morgan fingerprint density at radius 3 is 2.57 bits per heavy atom. The van der Waals surface area contributed by atoms with Crippen LogP contribution in [0.4, 0.5) is 5.69 Å². The molecule has 4 aromatic rings. The van der Waals surface area contributed by atoms with Crippen molar-refractivity contribution in [2.45, 2.75) is 5.16 Å². The van der Waals surface area contributed by atoms with Gasteiger partial charge in [-0.05, 0) is 48.5 Å². The van der Waals surface area contributed by atoms with Gasteiger partial charge in [-0.2, -0.15) is 9.61 Å². The zero-order valence-electron chi connectivity index (χ0n) is 16.4. The molecule has 2 aromatic heterocycles. The monoisotopic (exact) mass is 421 g/mol. The van der Waals surface area contributed by atoms with Crippen molar-refractivity contribution in [2.24, 2.45) is 0 Å². The fraction of sp³-hybridized carbons (Fsp3) is 0.143. The van der Waals surface area contributed by atoms with Crippen LogP contribution in [0.25, 0.3) is 16.9 Å². The van der Waals surface area contributed by atoms with Crippen molar-refractivity contribution in [1.82, 2.24) is 19.8 Å². The number of nitrogens with zero attached hydrogens (tertiary/aromatic N) is 4. The number of ether oxygens (including phenoxy) is 2. The molecule has 9 heteroatoms. The number of hydrogen-bond donors (Lipinski definition) is 1. The molecular weight excluding hydrogens is 402 g/mol. The first-order valence-electron chi connectivity index (χ1n) is 9.10. The Bertz CT molecular complexity index is 1180. The molecule has 1 N–H and O–H groups in total. The molecule has 30 heavy (non-hydrogen) atoms. The third-order valence-electron chi connectivity index (χ3n) is 4.31. The summed E-state index contributed by atoms with van der Waals surface area (Å²) >= 11 is 1.27. The number of carbonyl (C=O) groups is 1. The second-order valence-corrected chi connectivity index (χ2v) is 7.21. The summed E-state index contributed by atoms with van der Waals surface area (Å²) in [6.07, 6.45) is 0. The Hall–Kier alpha value is -3.59.